The average Bonchev–Trinajstić information content (AvgIpc) is 2.55. The fourth-order valence-corrected chi connectivity index (χ4v) is 1.67. The van der Waals surface area contributed by atoms with Gasteiger partial charge in [0.1, 0.15) is 0 Å². The molecular formula is C10H16O3. The number of ether oxygens (including phenoxy) is 1. The fraction of sp³-hybridized carbons (Fsp3) is 0.700. The van der Waals surface area contributed by atoms with Crippen molar-refractivity contribution in [3.8, 4) is 0 Å². The van der Waals surface area contributed by atoms with E-state index in [1.165, 1.54) is 0 Å². The predicted molar refractivity (Wildman–Crippen MR) is 49.6 cm³/mol. The van der Waals surface area contributed by atoms with Crippen LogP contribution in [0, 0.1) is 0 Å². The Morgan fingerprint density at radius 3 is 2.62 bits per heavy atom. The van der Waals surface area contributed by atoms with Gasteiger partial charge in [-0.2, -0.15) is 0 Å². The monoisotopic (exact) mass is 184 g/mol. The molecule has 74 valence electrons. The van der Waals surface area contributed by atoms with E-state index in [-0.39, 0.29) is 0 Å². The zero-order chi connectivity index (χ0) is 9.73. The van der Waals surface area contributed by atoms with Gasteiger partial charge in [-0.15, -0.1) is 0 Å². The summed E-state index contributed by atoms with van der Waals surface area (Å²) in [5.74, 6) is -0.811. The SMILES string of the molecule is CC=CCOC1(C(=O)O)CCCC1. The minimum absolute atomic E-state index is 0.406. The van der Waals surface area contributed by atoms with E-state index in [4.69, 9.17) is 9.84 Å². The van der Waals surface area contributed by atoms with Crippen LogP contribution in [0.1, 0.15) is 32.6 Å². The molecule has 0 aromatic carbocycles. The molecule has 1 saturated carbocycles. The van der Waals surface area contributed by atoms with Crippen LogP contribution < -0.4 is 0 Å². The largest absolute Gasteiger partial charge is 0.479 e. The maximum Gasteiger partial charge on any atom is 0.335 e. The minimum atomic E-state index is -0.889. The number of carboxylic acids is 1. The van der Waals surface area contributed by atoms with Crippen molar-refractivity contribution in [2.24, 2.45) is 0 Å². The number of hydrogen-bond donors (Lipinski definition) is 1. The molecule has 1 N–H and O–H groups in total. The van der Waals surface area contributed by atoms with Gasteiger partial charge in [0.25, 0.3) is 0 Å². The molecule has 0 spiro atoms. The highest BCUT2D eigenvalue weighted by molar-refractivity contribution is 5.77. The van der Waals surface area contributed by atoms with Crippen molar-refractivity contribution in [1.29, 1.82) is 0 Å². The normalized spacial score (nSPS) is 21.0. The lowest BCUT2D eigenvalue weighted by atomic mass is 10.0. The van der Waals surface area contributed by atoms with Crippen LogP contribution in [0.5, 0.6) is 0 Å². The van der Waals surface area contributed by atoms with E-state index in [2.05, 4.69) is 0 Å². The van der Waals surface area contributed by atoms with Gasteiger partial charge in [0.2, 0.25) is 0 Å². The summed E-state index contributed by atoms with van der Waals surface area (Å²) in [7, 11) is 0. The van der Waals surface area contributed by atoms with Crippen molar-refractivity contribution >= 4 is 5.97 Å². The zero-order valence-electron chi connectivity index (χ0n) is 7.95. The molecule has 1 fully saturated rings. The van der Waals surface area contributed by atoms with E-state index >= 15 is 0 Å². The zero-order valence-corrected chi connectivity index (χ0v) is 7.95. The Balaban J connectivity index is 2.52. The Labute approximate surface area is 78.4 Å². The van der Waals surface area contributed by atoms with Crippen molar-refractivity contribution < 1.29 is 14.6 Å². The second-order valence-corrected chi connectivity index (χ2v) is 3.39. The van der Waals surface area contributed by atoms with Gasteiger partial charge >= 0.3 is 5.97 Å². The van der Waals surface area contributed by atoms with Crippen LogP contribution in [0.25, 0.3) is 0 Å². The standard InChI is InChI=1S/C10H16O3/c1-2-3-8-13-10(9(11)12)6-4-5-7-10/h2-3H,4-8H2,1H3,(H,11,12). The number of carboxylic acid groups (broad SMARTS) is 1. The number of rotatable bonds is 4. The molecule has 1 aliphatic rings. The molecule has 0 aliphatic heterocycles. The van der Waals surface area contributed by atoms with Gasteiger partial charge < -0.3 is 9.84 Å². The summed E-state index contributed by atoms with van der Waals surface area (Å²) in [6.45, 7) is 2.30. The summed E-state index contributed by atoms with van der Waals surface area (Å²) in [5, 5.41) is 9.01. The van der Waals surface area contributed by atoms with E-state index in [0.29, 0.717) is 19.4 Å². The van der Waals surface area contributed by atoms with Crippen LogP contribution >= 0.6 is 0 Å². The molecule has 0 aromatic heterocycles. The Hall–Kier alpha value is -0.830. The minimum Gasteiger partial charge on any atom is -0.479 e. The van der Waals surface area contributed by atoms with Gasteiger partial charge in [-0.05, 0) is 32.6 Å². The average molecular weight is 184 g/mol. The molecule has 0 amide bonds. The highest BCUT2D eigenvalue weighted by Gasteiger charge is 2.42. The van der Waals surface area contributed by atoms with Gasteiger partial charge in [-0.1, -0.05) is 12.2 Å². The topological polar surface area (TPSA) is 46.5 Å². The van der Waals surface area contributed by atoms with E-state index in [0.717, 1.165) is 12.8 Å². The molecule has 0 saturated heterocycles. The molecule has 0 bridgehead atoms. The molecule has 3 nitrogen and oxygen atoms in total. The molecule has 0 unspecified atom stereocenters. The highest BCUT2D eigenvalue weighted by Crippen LogP contribution is 2.33. The van der Waals surface area contributed by atoms with Gasteiger partial charge in [0, 0.05) is 0 Å². The quantitative estimate of drug-likeness (QED) is 0.679. The Morgan fingerprint density at radius 1 is 1.54 bits per heavy atom. The van der Waals surface area contributed by atoms with E-state index in [1.54, 1.807) is 0 Å². The fourth-order valence-electron chi connectivity index (χ4n) is 1.67. The smallest absolute Gasteiger partial charge is 0.335 e. The molecule has 0 atom stereocenters. The van der Waals surface area contributed by atoms with Crippen molar-refractivity contribution in [1.82, 2.24) is 0 Å². The molecule has 0 aromatic rings. The summed E-state index contributed by atoms with van der Waals surface area (Å²) < 4.78 is 5.41. The van der Waals surface area contributed by atoms with E-state index in [9.17, 15) is 4.79 Å². The van der Waals surface area contributed by atoms with Gasteiger partial charge in [0.05, 0.1) is 6.61 Å². The molecule has 13 heavy (non-hydrogen) atoms. The number of carbonyl (C=O) groups is 1. The Kier molecular flexibility index (Phi) is 3.48. The molecule has 1 rings (SSSR count). The van der Waals surface area contributed by atoms with Crippen LogP contribution in [0.2, 0.25) is 0 Å². The van der Waals surface area contributed by atoms with Crippen molar-refractivity contribution in [3.63, 3.8) is 0 Å². The summed E-state index contributed by atoms with van der Waals surface area (Å²) in [5.41, 5.74) is -0.889. The van der Waals surface area contributed by atoms with Crippen LogP contribution in [0.3, 0.4) is 0 Å². The third kappa shape index (κ3) is 2.31. The van der Waals surface area contributed by atoms with E-state index < -0.39 is 11.6 Å². The lowest BCUT2D eigenvalue weighted by Gasteiger charge is -2.23. The van der Waals surface area contributed by atoms with Crippen molar-refractivity contribution in [2.75, 3.05) is 6.61 Å². The predicted octanol–water partition coefficient (Wildman–Crippen LogP) is 1.98. The number of hydrogen-bond acceptors (Lipinski definition) is 2. The lowest BCUT2D eigenvalue weighted by molar-refractivity contribution is -0.163. The lowest BCUT2D eigenvalue weighted by Crippen LogP contribution is -2.38. The maximum atomic E-state index is 11.0. The molecule has 1 aliphatic carbocycles. The second kappa shape index (κ2) is 4.42. The van der Waals surface area contributed by atoms with E-state index in [1.807, 2.05) is 19.1 Å². The first-order chi connectivity index (χ1) is 6.21. The molecule has 0 heterocycles. The first kappa shape index (κ1) is 10.3. The molecular weight excluding hydrogens is 168 g/mol. The Bertz CT molecular complexity index is 202. The first-order valence-corrected chi connectivity index (χ1v) is 4.70. The summed E-state index contributed by atoms with van der Waals surface area (Å²) in [6.07, 6.45) is 6.93. The number of allylic oxidation sites excluding steroid dienone is 1. The molecule has 0 radical (unpaired) electrons. The summed E-state index contributed by atoms with van der Waals surface area (Å²) in [6, 6.07) is 0. The van der Waals surface area contributed by atoms with Crippen LogP contribution in [0.4, 0.5) is 0 Å². The van der Waals surface area contributed by atoms with Crippen LogP contribution in [-0.2, 0) is 9.53 Å². The highest BCUT2D eigenvalue weighted by atomic mass is 16.5. The van der Waals surface area contributed by atoms with Crippen molar-refractivity contribution in [3.05, 3.63) is 12.2 Å². The first-order valence-electron chi connectivity index (χ1n) is 4.70. The van der Waals surface area contributed by atoms with Gasteiger partial charge in [0.15, 0.2) is 5.60 Å². The third-order valence-corrected chi connectivity index (χ3v) is 2.49. The number of aliphatic carboxylic acids is 1. The van der Waals surface area contributed by atoms with Crippen LogP contribution in [0.15, 0.2) is 12.2 Å². The Morgan fingerprint density at radius 2 is 2.15 bits per heavy atom. The third-order valence-electron chi connectivity index (χ3n) is 2.49. The van der Waals surface area contributed by atoms with Gasteiger partial charge in [-0.3, -0.25) is 0 Å². The maximum absolute atomic E-state index is 11.0. The van der Waals surface area contributed by atoms with Crippen LogP contribution in [-0.4, -0.2) is 23.3 Å². The summed E-state index contributed by atoms with van der Waals surface area (Å²) in [4.78, 5) is 11.0. The van der Waals surface area contributed by atoms with Crippen molar-refractivity contribution in [2.45, 2.75) is 38.2 Å². The molecule has 3 heteroatoms. The van der Waals surface area contributed by atoms with Gasteiger partial charge in [-0.25, -0.2) is 4.79 Å². The second-order valence-electron chi connectivity index (χ2n) is 3.39. The summed E-state index contributed by atoms with van der Waals surface area (Å²) >= 11 is 0.